The summed E-state index contributed by atoms with van der Waals surface area (Å²) in [6.07, 6.45) is 3.81. The second-order valence-electron chi connectivity index (χ2n) is 11.2. The molecule has 0 aromatic heterocycles. The van der Waals surface area contributed by atoms with Crippen LogP contribution in [0.3, 0.4) is 0 Å². The number of anilines is 1. The van der Waals surface area contributed by atoms with Crippen molar-refractivity contribution in [1.29, 1.82) is 0 Å². The zero-order chi connectivity index (χ0) is 29.9. The van der Waals surface area contributed by atoms with Crippen molar-refractivity contribution >= 4 is 29.2 Å². The Labute approximate surface area is 249 Å². The summed E-state index contributed by atoms with van der Waals surface area (Å²) in [6, 6.07) is 26.1. The van der Waals surface area contributed by atoms with Crippen LogP contribution in [0.15, 0.2) is 97.2 Å². The van der Waals surface area contributed by atoms with Crippen LogP contribution in [-0.4, -0.2) is 42.6 Å². The quantitative estimate of drug-likeness (QED) is 0.287. The molecule has 1 N–H and O–H groups in total. The fraction of sp³-hybridized carbons (Fsp3) is 0.194. The van der Waals surface area contributed by atoms with E-state index >= 15 is 0 Å². The van der Waals surface area contributed by atoms with Gasteiger partial charge in [0.2, 0.25) is 5.91 Å². The molecular weight excluding hydrogens is 540 g/mol. The molecule has 0 saturated carbocycles. The Morgan fingerprint density at radius 1 is 0.860 bits per heavy atom. The summed E-state index contributed by atoms with van der Waals surface area (Å²) in [7, 11) is 3.04. The minimum absolute atomic E-state index is 0.266. The first-order chi connectivity index (χ1) is 20.9. The van der Waals surface area contributed by atoms with Crippen molar-refractivity contribution in [3.63, 3.8) is 0 Å². The zero-order valence-corrected chi connectivity index (χ0v) is 24.0. The molecule has 4 atom stereocenters. The number of benzene rings is 4. The van der Waals surface area contributed by atoms with E-state index in [0.717, 1.165) is 16.7 Å². The molecule has 0 bridgehead atoms. The molecule has 1 spiro atoms. The molecule has 7 nitrogen and oxygen atoms in total. The SMILES string of the molecule is COc1ccc(C(=O)[C@@H]2[C@H](C(=O)c3ccc(C)cc3)[C@@]3(C(=O)Nc4ccccc43)[C@H]3c4ccccc4C=CN23)c(OC)c1. The van der Waals surface area contributed by atoms with Gasteiger partial charge < -0.3 is 19.7 Å². The van der Waals surface area contributed by atoms with E-state index in [1.165, 1.54) is 7.11 Å². The lowest BCUT2D eigenvalue weighted by atomic mass is 9.62. The van der Waals surface area contributed by atoms with Gasteiger partial charge in [0.05, 0.1) is 31.7 Å². The van der Waals surface area contributed by atoms with Crippen molar-refractivity contribution in [2.24, 2.45) is 5.92 Å². The van der Waals surface area contributed by atoms with Crippen molar-refractivity contribution in [1.82, 2.24) is 4.90 Å². The molecule has 4 aromatic carbocycles. The summed E-state index contributed by atoms with van der Waals surface area (Å²) in [6.45, 7) is 1.95. The van der Waals surface area contributed by atoms with E-state index in [4.69, 9.17) is 9.47 Å². The molecule has 1 saturated heterocycles. The minimum Gasteiger partial charge on any atom is -0.497 e. The van der Waals surface area contributed by atoms with Crippen LogP contribution in [0.1, 0.15) is 49.0 Å². The van der Waals surface area contributed by atoms with Gasteiger partial charge in [0.25, 0.3) is 0 Å². The number of ketones is 2. The second-order valence-corrected chi connectivity index (χ2v) is 11.2. The number of nitrogens with zero attached hydrogens (tertiary/aromatic N) is 1. The average Bonchev–Trinajstić information content (AvgIpc) is 3.52. The third-order valence-corrected chi connectivity index (χ3v) is 9.13. The highest BCUT2D eigenvalue weighted by atomic mass is 16.5. The van der Waals surface area contributed by atoms with E-state index in [9.17, 15) is 14.4 Å². The van der Waals surface area contributed by atoms with E-state index in [1.54, 1.807) is 37.4 Å². The first-order valence-corrected chi connectivity index (χ1v) is 14.2. The summed E-state index contributed by atoms with van der Waals surface area (Å²) in [5.74, 6) is -1.06. The Morgan fingerprint density at radius 3 is 2.37 bits per heavy atom. The maximum absolute atomic E-state index is 14.9. The molecule has 3 aliphatic heterocycles. The Balaban J connectivity index is 1.53. The maximum atomic E-state index is 14.9. The molecule has 1 amide bonds. The number of fused-ring (bicyclic) bond motifs is 6. The van der Waals surface area contributed by atoms with Gasteiger partial charge in [-0.3, -0.25) is 14.4 Å². The van der Waals surface area contributed by atoms with Gasteiger partial charge in [-0.25, -0.2) is 0 Å². The fourth-order valence-electron chi connectivity index (χ4n) is 7.23. The lowest BCUT2D eigenvalue weighted by Crippen LogP contribution is -2.49. The number of nitrogens with one attached hydrogen (secondary N) is 1. The number of carbonyl (C=O) groups is 3. The monoisotopic (exact) mass is 570 g/mol. The fourth-order valence-corrected chi connectivity index (χ4v) is 7.23. The second kappa shape index (κ2) is 9.98. The molecule has 7 rings (SSSR count). The molecule has 3 heterocycles. The van der Waals surface area contributed by atoms with Gasteiger partial charge in [-0.2, -0.15) is 0 Å². The topological polar surface area (TPSA) is 84.9 Å². The van der Waals surface area contributed by atoms with Crippen molar-refractivity contribution in [2.75, 3.05) is 19.5 Å². The number of methoxy groups -OCH3 is 2. The number of amides is 1. The lowest BCUT2D eigenvalue weighted by Gasteiger charge is -2.38. The van der Waals surface area contributed by atoms with E-state index in [1.807, 2.05) is 84.8 Å². The van der Waals surface area contributed by atoms with Crippen LogP contribution in [0.25, 0.3) is 6.08 Å². The van der Waals surface area contributed by atoms with Crippen LogP contribution in [-0.2, 0) is 10.2 Å². The predicted molar refractivity (Wildman–Crippen MR) is 163 cm³/mol. The van der Waals surface area contributed by atoms with E-state index in [2.05, 4.69) is 5.32 Å². The molecule has 7 heteroatoms. The number of rotatable bonds is 6. The highest BCUT2D eigenvalue weighted by Crippen LogP contribution is 2.62. The minimum atomic E-state index is -1.39. The largest absolute Gasteiger partial charge is 0.497 e. The average molecular weight is 571 g/mol. The zero-order valence-electron chi connectivity index (χ0n) is 24.0. The van der Waals surface area contributed by atoms with E-state index in [-0.39, 0.29) is 17.5 Å². The normalized spacial score (nSPS) is 22.9. The molecule has 0 radical (unpaired) electrons. The van der Waals surface area contributed by atoms with E-state index in [0.29, 0.717) is 33.9 Å². The van der Waals surface area contributed by atoms with Gasteiger partial charge in [-0.05, 0) is 47.9 Å². The molecular formula is C36H30N2O5. The van der Waals surface area contributed by atoms with Crippen LogP contribution >= 0.6 is 0 Å². The van der Waals surface area contributed by atoms with Crippen LogP contribution in [0.5, 0.6) is 11.5 Å². The predicted octanol–water partition coefficient (Wildman–Crippen LogP) is 5.99. The first kappa shape index (κ1) is 26.7. The number of para-hydroxylation sites is 1. The van der Waals surface area contributed by atoms with Gasteiger partial charge in [-0.15, -0.1) is 0 Å². The Morgan fingerprint density at radius 2 is 1.60 bits per heavy atom. The van der Waals surface area contributed by atoms with Gasteiger partial charge in [-0.1, -0.05) is 72.3 Å². The Hall–Kier alpha value is -5.17. The summed E-state index contributed by atoms with van der Waals surface area (Å²) in [5, 5.41) is 3.08. The van der Waals surface area contributed by atoms with Crippen molar-refractivity contribution in [2.45, 2.75) is 24.4 Å². The standard InChI is InChI=1S/C36H30N2O5/c1-21-12-14-23(15-13-21)32(39)30-31(33(40)26-17-16-24(42-2)20-29(26)43-3)38-19-18-22-8-4-5-9-25(22)34(38)36(30)27-10-6-7-11-28(27)37-35(36)41/h4-20,30-31,34H,1-3H3,(H,37,41)/t30-,31+,34-,36-/m1/s1. The number of ether oxygens (including phenoxy) is 2. The number of carbonyl (C=O) groups excluding carboxylic acids is 3. The molecule has 1 fully saturated rings. The van der Waals surface area contributed by atoms with Gasteiger partial charge in [0.1, 0.15) is 23.0 Å². The van der Waals surface area contributed by atoms with Gasteiger partial charge >= 0.3 is 0 Å². The molecule has 0 unspecified atom stereocenters. The molecule has 3 aliphatic rings. The molecule has 214 valence electrons. The highest BCUT2D eigenvalue weighted by Gasteiger charge is 2.70. The third kappa shape index (κ3) is 3.77. The number of hydrogen-bond donors (Lipinski definition) is 1. The smallest absolute Gasteiger partial charge is 0.238 e. The van der Waals surface area contributed by atoms with Crippen molar-refractivity contribution < 1.29 is 23.9 Å². The third-order valence-electron chi connectivity index (χ3n) is 9.13. The number of aryl methyl sites for hydroxylation is 1. The van der Waals surface area contributed by atoms with Crippen LogP contribution in [0, 0.1) is 12.8 Å². The Kier molecular flexibility index (Phi) is 6.20. The highest BCUT2D eigenvalue weighted by molar-refractivity contribution is 6.17. The summed E-state index contributed by atoms with van der Waals surface area (Å²) in [4.78, 5) is 46.3. The Bertz CT molecular complexity index is 1830. The maximum Gasteiger partial charge on any atom is 0.238 e. The van der Waals surface area contributed by atoms with Gasteiger partial charge in [0, 0.05) is 23.5 Å². The summed E-state index contributed by atoms with van der Waals surface area (Å²) >= 11 is 0. The number of Topliss-reactive ketones (excluding diaryl/α,β-unsaturated/α-hetero) is 2. The van der Waals surface area contributed by atoms with Crippen LogP contribution in [0.2, 0.25) is 0 Å². The molecule has 4 aromatic rings. The van der Waals surface area contributed by atoms with Crippen LogP contribution < -0.4 is 14.8 Å². The first-order valence-electron chi connectivity index (χ1n) is 14.2. The van der Waals surface area contributed by atoms with Crippen molar-refractivity contribution in [3.05, 3.63) is 131 Å². The lowest BCUT2D eigenvalue weighted by molar-refractivity contribution is -0.122. The van der Waals surface area contributed by atoms with Gasteiger partial charge in [0.15, 0.2) is 11.6 Å². The molecule has 43 heavy (non-hydrogen) atoms. The summed E-state index contributed by atoms with van der Waals surface area (Å²) in [5.41, 5.74) is 3.56. The molecule has 0 aliphatic carbocycles. The van der Waals surface area contributed by atoms with Crippen LogP contribution in [0.4, 0.5) is 5.69 Å². The number of hydrogen-bond acceptors (Lipinski definition) is 6. The van der Waals surface area contributed by atoms with Crippen molar-refractivity contribution in [3.8, 4) is 11.5 Å². The van der Waals surface area contributed by atoms with E-state index < -0.39 is 23.4 Å². The summed E-state index contributed by atoms with van der Waals surface area (Å²) < 4.78 is 11.0.